The minimum Gasteiger partial charge on any atom is -0.459 e. The third kappa shape index (κ3) is 8.49. The second-order valence-corrected chi connectivity index (χ2v) is 19.1. The summed E-state index contributed by atoms with van der Waals surface area (Å²) in [4.78, 5) is 5.26. The number of hydrogen-bond donors (Lipinski definition) is 1. The van der Waals surface area contributed by atoms with Gasteiger partial charge in [-0.1, -0.05) is 224 Å². The maximum Gasteiger partial charge on any atom is 0.142 e. The molecule has 2 N–H and O–H groups in total. The van der Waals surface area contributed by atoms with Crippen LogP contribution in [0.1, 0.15) is 66.7 Å². The van der Waals surface area contributed by atoms with Crippen LogP contribution in [0.25, 0.3) is 94.2 Å². The van der Waals surface area contributed by atoms with Crippen LogP contribution in [-0.4, -0.2) is 5.71 Å². The molecule has 1 unspecified atom stereocenters. The van der Waals surface area contributed by atoms with Crippen LogP contribution < -0.4 is 5.73 Å². The van der Waals surface area contributed by atoms with Gasteiger partial charge in [0.15, 0.2) is 0 Å². The number of nitrogen functional groups attached to an aromatic ring is 1. The second-order valence-electron chi connectivity index (χ2n) is 19.1. The Morgan fingerprint density at radius 2 is 1.01 bits per heavy atom. The van der Waals surface area contributed by atoms with Crippen LogP contribution in [-0.2, 0) is 0 Å². The number of anilines is 1. The van der Waals surface area contributed by atoms with Crippen molar-refractivity contribution in [1.29, 1.82) is 0 Å². The molecule has 350 valence electrons. The van der Waals surface area contributed by atoms with Crippen molar-refractivity contribution in [1.82, 2.24) is 0 Å². The van der Waals surface area contributed by atoms with Crippen molar-refractivity contribution in [3.05, 3.63) is 270 Å². The van der Waals surface area contributed by atoms with Crippen LogP contribution >= 0.6 is 0 Å². The highest BCUT2D eigenvalue weighted by molar-refractivity contribution is 6.20. The van der Waals surface area contributed by atoms with Gasteiger partial charge in [0.25, 0.3) is 0 Å². The van der Waals surface area contributed by atoms with Gasteiger partial charge in [-0.05, 0) is 129 Å². The molecule has 0 saturated heterocycles. The third-order valence-electron chi connectivity index (χ3n) is 14.7. The lowest BCUT2D eigenvalue weighted by Crippen LogP contribution is -2.07. The fraction of sp³-hybridized carbons (Fsp3) is 0.0714. The fourth-order valence-corrected chi connectivity index (χ4v) is 10.9. The highest BCUT2D eigenvalue weighted by atomic mass is 16.3. The number of nitrogens with two attached hydrogens (primary N) is 1. The molecule has 12 rings (SSSR count). The average molecular weight is 939 g/mol. The molecule has 0 amide bonds. The first-order valence-corrected chi connectivity index (χ1v) is 25.3. The van der Waals surface area contributed by atoms with Gasteiger partial charge in [0, 0.05) is 38.9 Å². The highest BCUT2D eigenvalue weighted by Crippen LogP contribution is 2.49. The van der Waals surface area contributed by atoms with Crippen molar-refractivity contribution in [3.8, 4) is 44.5 Å². The number of aliphatic imine (C=N–C) groups is 1. The molecule has 0 saturated carbocycles. The Kier molecular flexibility index (Phi) is 11.9. The number of benzene rings is 10. The van der Waals surface area contributed by atoms with Crippen LogP contribution in [0.2, 0.25) is 0 Å². The van der Waals surface area contributed by atoms with Gasteiger partial charge in [-0.3, -0.25) is 4.99 Å². The topological polar surface area (TPSA) is 51.5 Å². The molecular formula is C70H54N2O. The first-order chi connectivity index (χ1) is 35.9. The molecule has 3 nitrogen and oxygen atoms in total. The summed E-state index contributed by atoms with van der Waals surface area (Å²) in [6.45, 7) is 6.24. The van der Waals surface area contributed by atoms with Gasteiger partial charge in [-0.15, -0.1) is 0 Å². The lowest BCUT2D eigenvalue weighted by molar-refractivity contribution is 0.519. The Bertz CT molecular complexity index is 3970. The molecule has 0 spiro atoms. The van der Waals surface area contributed by atoms with Gasteiger partial charge >= 0.3 is 0 Å². The number of furan rings is 1. The molecular weight excluding hydrogens is 885 g/mol. The summed E-state index contributed by atoms with van der Waals surface area (Å²) in [5, 5.41) is 5.42. The zero-order valence-corrected chi connectivity index (χ0v) is 41.3. The van der Waals surface area contributed by atoms with Gasteiger partial charge < -0.3 is 10.2 Å². The van der Waals surface area contributed by atoms with E-state index in [9.17, 15) is 0 Å². The largest absolute Gasteiger partial charge is 0.459 e. The maximum atomic E-state index is 7.35. The van der Waals surface area contributed by atoms with Gasteiger partial charge in [-0.25, -0.2) is 0 Å². The molecule has 1 aromatic heterocycles. The molecule has 1 aliphatic carbocycles. The van der Waals surface area contributed by atoms with Crippen molar-refractivity contribution in [3.63, 3.8) is 0 Å². The number of hydrogen-bond acceptors (Lipinski definition) is 3. The zero-order chi connectivity index (χ0) is 49.4. The van der Waals surface area contributed by atoms with E-state index in [1.54, 1.807) is 0 Å². The van der Waals surface area contributed by atoms with Crippen molar-refractivity contribution in [2.24, 2.45) is 4.99 Å². The Morgan fingerprint density at radius 3 is 1.63 bits per heavy atom. The second kappa shape index (κ2) is 19.3. The number of fused-ring (bicyclic) bond motifs is 6. The van der Waals surface area contributed by atoms with Gasteiger partial charge in [-0.2, -0.15) is 0 Å². The molecule has 1 aliphatic rings. The average Bonchev–Trinajstić information content (AvgIpc) is 3.84. The number of rotatable bonds is 10. The standard InChI is InChI=1S/C70H54N2O/c1-4-16-46(5-2)50-27-31-53(32-28-50)57-42-64(56-39-35-52(36-40-56)49-19-10-7-11-20-49)70-66(43-57)65-44-58(54-33-29-51(30-34-54)48-17-8-6-9-18-48)41-63(69(65)73-70)55-37-25-47(26-38-55)45(3)72-68-62-24-15-13-22-60(62)59-21-12-14-23-61(59)67(68)71/h4-41,43-44,64H,42,71H2,1-3H3/b16-4-,46-5+,72-45?. The molecule has 73 heavy (non-hydrogen) atoms. The van der Waals surface area contributed by atoms with E-state index in [0.717, 1.165) is 89.5 Å². The SMILES string of the molecule is C/C=C\C(=C/C)c1ccc(C2=Cc3c(oc4c(-c5ccc(C(C)=Nc6c(N)c7ccccc7c7ccccc67)cc5)cc(-c5ccc(-c6ccccc6)cc5)cc34)C(c3ccc(-c4ccccc4)cc3)C2)cc1. The first-order valence-electron chi connectivity index (χ1n) is 25.3. The normalized spacial score (nSPS) is 14.0. The molecule has 10 aromatic carbocycles. The summed E-state index contributed by atoms with van der Waals surface area (Å²) in [5.74, 6) is 0.979. The summed E-state index contributed by atoms with van der Waals surface area (Å²) >= 11 is 0. The monoisotopic (exact) mass is 938 g/mol. The van der Waals surface area contributed by atoms with Crippen LogP contribution in [0.5, 0.6) is 0 Å². The van der Waals surface area contributed by atoms with Crippen LogP contribution in [0.3, 0.4) is 0 Å². The summed E-state index contributed by atoms with van der Waals surface area (Å²) < 4.78 is 7.35. The third-order valence-corrected chi connectivity index (χ3v) is 14.7. The highest BCUT2D eigenvalue weighted by Gasteiger charge is 2.31. The Hall–Kier alpha value is -9.05. The minimum atomic E-state index is -0.0117. The van der Waals surface area contributed by atoms with Gasteiger partial charge in [0.1, 0.15) is 11.3 Å². The predicted octanol–water partition coefficient (Wildman–Crippen LogP) is 19.2. The van der Waals surface area contributed by atoms with Crippen molar-refractivity contribution >= 4 is 66.8 Å². The molecule has 0 fully saturated rings. The minimum absolute atomic E-state index is 0.0117. The van der Waals surface area contributed by atoms with E-state index in [2.05, 4.69) is 257 Å². The van der Waals surface area contributed by atoms with E-state index in [0.29, 0.717) is 5.69 Å². The quantitative estimate of drug-likeness (QED) is 0.0643. The molecule has 0 aliphatic heterocycles. The van der Waals surface area contributed by atoms with E-state index in [-0.39, 0.29) is 5.92 Å². The predicted molar refractivity (Wildman–Crippen MR) is 311 cm³/mol. The maximum absolute atomic E-state index is 7.35. The molecule has 0 radical (unpaired) electrons. The fourth-order valence-electron chi connectivity index (χ4n) is 10.9. The smallest absolute Gasteiger partial charge is 0.142 e. The Balaban J connectivity index is 1.01. The number of allylic oxidation sites excluding steroid dienone is 5. The summed E-state index contributed by atoms with van der Waals surface area (Å²) in [5.41, 5.74) is 27.6. The van der Waals surface area contributed by atoms with Crippen molar-refractivity contribution in [2.45, 2.75) is 33.1 Å². The van der Waals surface area contributed by atoms with Crippen molar-refractivity contribution < 1.29 is 4.42 Å². The van der Waals surface area contributed by atoms with E-state index >= 15 is 0 Å². The molecule has 1 heterocycles. The van der Waals surface area contributed by atoms with E-state index < -0.39 is 0 Å². The first kappa shape index (κ1) is 45.1. The van der Waals surface area contributed by atoms with E-state index in [1.165, 1.54) is 50.1 Å². The van der Waals surface area contributed by atoms with Crippen LogP contribution in [0, 0.1) is 0 Å². The lowest BCUT2D eigenvalue weighted by Gasteiger charge is -2.23. The molecule has 1 atom stereocenters. The zero-order valence-electron chi connectivity index (χ0n) is 41.3. The summed E-state index contributed by atoms with van der Waals surface area (Å²) in [6, 6.07) is 78.5. The summed E-state index contributed by atoms with van der Waals surface area (Å²) in [6.07, 6.45) is 9.64. The molecule has 0 bridgehead atoms. The van der Waals surface area contributed by atoms with Crippen molar-refractivity contribution in [2.75, 3.05) is 5.73 Å². The molecule has 3 heteroatoms. The van der Waals surface area contributed by atoms with E-state index in [4.69, 9.17) is 15.1 Å². The Morgan fingerprint density at radius 1 is 0.507 bits per heavy atom. The Labute approximate surface area is 427 Å². The van der Waals surface area contributed by atoms with Gasteiger partial charge in [0.05, 0.1) is 11.4 Å². The molecule has 11 aromatic rings. The van der Waals surface area contributed by atoms with E-state index in [1.807, 2.05) is 6.07 Å². The van der Waals surface area contributed by atoms with Crippen LogP contribution in [0.4, 0.5) is 11.4 Å². The lowest BCUT2D eigenvalue weighted by atomic mass is 9.80. The van der Waals surface area contributed by atoms with Crippen LogP contribution in [0.15, 0.2) is 246 Å². The van der Waals surface area contributed by atoms with Gasteiger partial charge in [0.2, 0.25) is 0 Å². The summed E-state index contributed by atoms with van der Waals surface area (Å²) in [7, 11) is 0. The number of nitrogens with zero attached hydrogens (tertiary/aromatic N) is 1.